The topological polar surface area (TPSA) is 77.1 Å². The molecular weight excluding hydrogens is 380 g/mol. The lowest BCUT2D eigenvalue weighted by atomic mass is 10.1. The third-order valence-corrected chi connectivity index (χ3v) is 5.48. The molecule has 0 aromatic heterocycles. The van der Waals surface area contributed by atoms with E-state index in [1.807, 2.05) is 24.3 Å². The number of anilines is 2. The molecule has 1 unspecified atom stereocenters. The van der Waals surface area contributed by atoms with E-state index in [2.05, 4.69) is 5.32 Å². The number of methoxy groups -OCH3 is 3. The fourth-order valence-electron chi connectivity index (χ4n) is 3.04. The highest BCUT2D eigenvalue weighted by Gasteiger charge is 2.37. The summed E-state index contributed by atoms with van der Waals surface area (Å²) in [5, 5.41) is 2.56. The van der Waals surface area contributed by atoms with Crippen molar-refractivity contribution in [2.75, 3.05) is 43.9 Å². The normalized spacial score (nSPS) is 16.2. The number of rotatable bonds is 7. The highest BCUT2D eigenvalue weighted by Crippen LogP contribution is 2.47. The van der Waals surface area contributed by atoms with E-state index >= 15 is 0 Å². The molecule has 2 aromatic rings. The Morgan fingerprint density at radius 1 is 1.18 bits per heavy atom. The van der Waals surface area contributed by atoms with Crippen LogP contribution in [0.1, 0.15) is 10.9 Å². The van der Waals surface area contributed by atoms with Gasteiger partial charge in [-0.05, 0) is 18.2 Å². The summed E-state index contributed by atoms with van der Waals surface area (Å²) in [6, 6.07) is 12.8. The maximum atomic E-state index is 12.7. The summed E-state index contributed by atoms with van der Waals surface area (Å²) in [6.45, 7) is -0.0406. The van der Waals surface area contributed by atoms with Crippen molar-refractivity contribution in [3.8, 4) is 11.5 Å². The van der Waals surface area contributed by atoms with Gasteiger partial charge in [-0.15, -0.1) is 11.8 Å². The molecule has 1 aliphatic rings. The van der Waals surface area contributed by atoms with Crippen molar-refractivity contribution < 1.29 is 23.8 Å². The van der Waals surface area contributed by atoms with Crippen LogP contribution in [0.5, 0.6) is 11.5 Å². The molecule has 0 bridgehead atoms. The second-order valence-electron chi connectivity index (χ2n) is 6.03. The van der Waals surface area contributed by atoms with Crippen LogP contribution in [-0.4, -0.2) is 45.5 Å². The van der Waals surface area contributed by atoms with Gasteiger partial charge >= 0.3 is 0 Å². The fraction of sp³-hybridized carbons (Fsp3) is 0.300. The monoisotopic (exact) mass is 402 g/mol. The Morgan fingerprint density at radius 2 is 1.96 bits per heavy atom. The maximum Gasteiger partial charge on any atom is 0.250 e. The molecule has 1 aliphatic heterocycles. The summed E-state index contributed by atoms with van der Waals surface area (Å²) in [5.74, 6) is 1.24. The van der Waals surface area contributed by atoms with E-state index in [9.17, 15) is 9.59 Å². The summed E-state index contributed by atoms with van der Waals surface area (Å²) in [7, 11) is 4.60. The van der Waals surface area contributed by atoms with Crippen molar-refractivity contribution >= 4 is 35.0 Å². The van der Waals surface area contributed by atoms with Crippen LogP contribution >= 0.6 is 11.8 Å². The lowest BCUT2D eigenvalue weighted by Gasteiger charge is -2.27. The molecule has 0 radical (unpaired) electrons. The second-order valence-corrected chi connectivity index (χ2v) is 7.10. The van der Waals surface area contributed by atoms with E-state index in [1.54, 1.807) is 37.3 Å². The van der Waals surface area contributed by atoms with E-state index in [-0.39, 0.29) is 23.8 Å². The zero-order valence-electron chi connectivity index (χ0n) is 15.9. The molecule has 3 rings (SSSR count). The molecule has 0 aliphatic carbocycles. The van der Waals surface area contributed by atoms with Gasteiger partial charge in [-0.3, -0.25) is 14.5 Å². The van der Waals surface area contributed by atoms with Crippen LogP contribution in [0.15, 0.2) is 42.5 Å². The van der Waals surface area contributed by atoms with Crippen LogP contribution in [0.4, 0.5) is 11.4 Å². The molecule has 1 fully saturated rings. The van der Waals surface area contributed by atoms with E-state index < -0.39 is 0 Å². The highest BCUT2D eigenvalue weighted by molar-refractivity contribution is 8.00. The Morgan fingerprint density at radius 3 is 2.68 bits per heavy atom. The highest BCUT2D eigenvalue weighted by atomic mass is 32.2. The third-order valence-electron chi connectivity index (χ3n) is 4.29. The molecular formula is C20H22N2O5S. The zero-order valence-corrected chi connectivity index (χ0v) is 16.7. The van der Waals surface area contributed by atoms with Crippen LogP contribution in [0.2, 0.25) is 0 Å². The molecule has 1 saturated heterocycles. The molecule has 2 aromatic carbocycles. The predicted octanol–water partition coefficient (Wildman–Crippen LogP) is 3.07. The van der Waals surface area contributed by atoms with E-state index in [0.29, 0.717) is 28.6 Å². The molecule has 28 heavy (non-hydrogen) atoms. The van der Waals surface area contributed by atoms with Crippen LogP contribution < -0.4 is 19.7 Å². The maximum absolute atomic E-state index is 12.7. The number of nitrogens with one attached hydrogen (secondary N) is 1. The number of amides is 2. The van der Waals surface area contributed by atoms with E-state index in [1.165, 1.54) is 18.9 Å². The Labute approximate surface area is 167 Å². The molecule has 148 valence electrons. The van der Waals surface area contributed by atoms with Crippen molar-refractivity contribution in [1.82, 2.24) is 0 Å². The number of carbonyl (C=O) groups is 2. The fourth-order valence-corrected chi connectivity index (χ4v) is 4.25. The molecule has 1 N–H and O–H groups in total. The predicted molar refractivity (Wildman–Crippen MR) is 109 cm³/mol. The quantitative estimate of drug-likeness (QED) is 0.767. The second kappa shape index (κ2) is 8.99. The summed E-state index contributed by atoms with van der Waals surface area (Å²) in [5.41, 5.74) is 2.14. The van der Waals surface area contributed by atoms with Gasteiger partial charge in [0.25, 0.3) is 0 Å². The van der Waals surface area contributed by atoms with Gasteiger partial charge in [0, 0.05) is 24.4 Å². The van der Waals surface area contributed by atoms with Gasteiger partial charge in [0.05, 0.1) is 25.7 Å². The smallest absolute Gasteiger partial charge is 0.250 e. The van der Waals surface area contributed by atoms with Gasteiger partial charge in [-0.2, -0.15) is 0 Å². The van der Waals surface area contributed by atoms with Crippen molar-refractivity contribution in [2.24, 2.45) is 0 Å². The molecule has 1 atom stereocenters. The number of nitrogens with zero attached hydrogens (tertiary/aromatic N) is 1. The lowest BCUT2D eigenvalue weighted by molar-refractivity contribution is -0.119. The van der Waals surface area contributed by atoms with Gasteiger partial charge in [-0.25, -0.2) is 0 Å². The van der Waals surface area contributed by atoms with E-state index in [0.717, 1.165) is 5.56 Å². The van der Waals surface area contributed by atoms with E-state index in [4.69, 9.17) is 14.2 Å². The lowest BCUT2D eigenvalue weighted by Crippen LogP contribution is -2.29. The molecule has 0 spiro atoms. The van der Waals surface area contributed by atoms with Gasteiger partial charge < -0.3 is 19.5 Å². The minimum Gasteiger partial charge on any atom is -0.497 e. The zero-order chi connectivity index (χ0) is 20.1. The minimum atomic E-state index is -0.297. The number of para-hydroxylation sites is 1. The summed E-state index contributed by atoms with van der Waals surface area (Å²) in [6.07, 6.45) is 0. The average molecular weight is 402 g/mol. The first-order valence-corrected chi connectivity index (χ1v) is 9.67. The van der Waals surface area contributed by atoms with Gasteiger partial charge in [0.2, 0.25) is 11.8 Å². The van der Waals surface area contributed by atoms with Crippen molar-refractivity contribution in [1.29, 1.82) is 0 Å². The number of benzene rings is 2. The Kier molecular flexibility index (Phi) is 6.43. The number of thioether (sulfide) groups is 1. The Bertz CT molecular complexity index is 873. The van der Waals surface area contributed by atoms with Crippen LogP contribution in [-0.2, 0) is 14.3 Å². The summed E-state index contributed by atoms with van der Waals surface area (Å²) < 4.78 is 15.6. The van der Waals surface area contributed by atoms with Crippen LogP contribution in [0.25, 0.3) is 0 Å². The molecule has 0 saturated carbocycles. The number of hydrogen-bond donors (Lipinski definition) is 1. The standard InChI is InChI=1S/C20H22N2O5S/c1-25-11-18(23)21-15-7-5-4-6-14(15)20-22(19(24)12-28-20)16-9-8-13(26-2)10-17(16)27-3/h4-10,20H,11-12H2,1-3H3,(H,21,23). The third kappa shape index (κ3) is 4.07. The first-order valence-electron chi connectivity index (χ1n) is 8.62. The van der Waals surface area contributed by atoms with Gasteiger partial charge in [0.15, 0.2) is 0 Å². The first kappa shape index (κ1) is 20.0. The summed E-state index contributed by atoms with van der Waals surface area (Å²) >= 11 is 1.50. The summed E-state index contributed by atoms with van der Waals surface area (Å²) in [4.78, 5) is 26.4. The van der Waals surface area contributed by atoms with Crippen LogP contribution in [0, 0.1) is 0 Å². The Balaban J connectivity index is 1.99. The first-order chi connectivity index (χ1) is 13.6. The van der Waals surface area contributed by atoms with Crippen molar-refractivity contribution in [3.05, 3.63) is 48.0 Å². The van der Waals surface area contributed by atoms with Crippen molar-refractivity contribution in [3.63, 3.8) is 0 Å². The SMILES string of the molecule is COCC(=O)Nc1ccccc1C1SCC(=O)N1c1ccc(OC)cc1OC. The van der Waals surface area contributed by atoms with Gasteiger partial charge in [0.1, 0.15) is 23.5 Å². The number of ether oxygens (including phenoxy) is 3. The molecule has 8 heteroatoms. The van der Waals surface area contributed by atoms with Crippen LogP contribution in [0.3, 0.4) is 0 Å². The number of hydrogen-bond acceptors (Lipinski definition) is 6. The average Bonchev–Trinajstić information content (AvgIpc) is 3.09. The largest absolute Gasteiger partial charge is 0.497 e. The Hall–Kier alpha value is -2.71. The molecule has 2 amide bonds. The minimum absolute atomic E-state index is 0.0310. The molecule has 1 heterocycles. The molecule has 7 nitrogen and oxygen atoms in total. The van der Waals surface area contributed by atoms with Crippen molar-refractivity contribution in [2.45, 2.75) is 5.37 Å². The van der Waals surface area contributed by atoms with Gasteiger partial charge in [-0.1, -0.05) is 18.2 Å². The number of carbonyl (C=O) groups excluding carboxylic acids is 2.